The van der Waals surface area contributed by atoms with Crippen molar-refractivity contribution in [3.8, 4) is 11.5 Å². The quantitative estimate of drug-likeness (QED) is 0.712. The molecule has 1 aromatic heterocycles. The maximum atomic E-state index is 5.69. The summed E-state index contributed by atoms with van der Waals surface area (Å²) in [5.41, 5.74) is 1.22. The Morgan fingerprint density at radius 3 is 2.38 bits per heavy atom. The lowest BCUT2D eigenvalue weighted by Gasteiger charge is -2.02. The normalized spacial score (nSPS) is 13.2. The van der Waals surface area contributed by atoms with Crippen LogP contribution in [0.25, 0.3) is 0 Å². The number of aromatic nitrogens is 1. The highest BCUT2D eigenvalue weighted by Gasteiger charge is 2.31. The molecule has 0 unspecified atom stereocenters. The van der Waals surface area contributed by atoms with Crippen molar-refractivity contribution in [3.63, 3.8) is 0 Å². The molecule has 3 rings (SSSR count). The lowest BCUT2D eigenvalue weighted by molar-refractivity contribution is 0.496. The van der Waals surface area contributed by atoms with E-state index in [1.807, 2.05) is 42.1 Å². The third-order valence-corrected chi connectivity index (χ3v) is 2.66. The van der Waals surface area contributed by atoms with Crippen molar-refractivity contribution in [2.45, 2.75) is 6.32 Å². The van der Waals surface area contributed by atoms with Crippen LogP contribution in [0.4, 0.5) is 0 Å². The fourth-order valence-electron chi connectivity index (χ4n) is 1.91. The molecule has 2 heterocycles. The summed E-state index contributed by atoms with van der Waals surface area (Å²) >= 11 is 0. The van der Waals surface area contributed by atoms with Crippen molar-refractivity contribution in [3.05, 3.63) is 48.3 Å². The zero-order chi connectivity index (χ0) is 11.0. The third kappa shape index (κ3) is 1.67. The molecule has 4 heteroatoms. The Bertz CT molecular complexity index is 484. The van der Waals surface area contributed by atoms with Crippen LogP contribution in [0, 0.1) is 0 Å². The molecule has 0 saturated heterocycles. The average Bonchev–Trinajstić information content (AvgIpc) is 2.84. The molecule has 0 spiro atoms. The zero-order valence-corrected chi connectivity index (χ0v) is 9.09. The van der Waals surface area contributed by atoms with Crippen molar-refractivity contribution < 1.29 is 9.31 Å². The highest BCUT2D eigenvalue weighted by molar-refractivity contribution is 6.47. The maximum absolute atomic E-state index is 5.69. The Labute approximate surface area is 94.8 Å². The molecule has 1 aromatic carbocycles. The van der Waals surface area contributed by atoms with Crippen LogP contribution >= 0.6 is 0 Å². The van der Waals surface area contributed by atoms with E-state index in [0.717, 1.165) is 17.8 Å². The van der Waals surface area contributed by atoms with E-state index in [9.17, 15) is 0 Å². The van der Waals surface area contributed by atoms with Gasteiger partial charge in [-0.05, 0) is 23.8 Å². The molecular formula is C12H12BNO2. The van der Waals surface area contributed by atoms with Gasteiger partial charge in [0.1, 0.15) is 11.5 Å². The standard InChI is InChI=1S/C12H12BNO2/c1-14-7-6-10(9-14)8-13-15-11-4-2-3-5-12(11)16-13/h2-7,9H,8H2,1H3. The average molecular weight is 213 g/mol. The lowest BCUT2D eigenvalue weighted by atomic mass is 9.82. The molecular weight excluding hydrogens is 201 g/mol. The summed E-state index contributed by atoms with van der Waals surface area (Å²) in [5, 5.41) is 0. The van der Waals surface area contributed by atoms with Crippen LogP contribution < -0.4 is 9.31 Å². The summed E-state index contributed by atoms with van der Waals surface area (Å²) in [4.78, 5) is 0. The van der Waals surface area contributed by atoms with Crippen molar-refractivity contribution in [1.82, 2.24) is 4.57 Å². The molecule has 16 heavy (non-hydrogen) atoms. The predicted molar refractivity (Wildman–Crippen MR) is 62.6 cm³/mol. The number of para-hydroxylation sites is 2. The molecule has 3 nitrogen and oxygen atoms in total. The van der Waals surface area contributed by atoms with Crippen LogP contribution in [0.15, 0.2) is 42.7 Å². The number of hydrogen-bond acceptors (Lipinski definition) is 2. The second-order valence-electron chi connectivity index (χ2n) is 4.00. The Morgan fingerprint density at radius 1 is 1.12 bits per heavy atom. The SMILES string of the molecule is Cn1ccc(CB2Oc3ccccc3O2)c1. The number of hydrogen-bond donors (Lipinski definition) is 0. The van der Waals surface area contributed by atoms with Gasteiger partial charge in [0.15, 0.2) is 0 Å². The lowest BCUT2D eigenvalue weighted by Crippen LogP contribution is -2.27. The fourth-order valence-corrected chi connectivity index (χ4v) is 1.91. The second-order valence-corrected chi connectivity index (χ2v) is 4.00. The zero-order valence-electron chi connectivity index (χ0n) is 9.09. The van der Waals surface area contributed by atoms with Crippen molar-refractivity contribution in [2.24, 2.45) is 7.05 Å². The molecule has 1 aliphatic rings. The molecule has 0 radical (unpaired) electrons. The van der Waals surface area contributed by atoms with Crippen molar-refractivity contribution in [1.29, 1.82) is 0 Å². The van der Waals surface area contributed by atoms with Crippen LogP contribution in [0.5, 0.6) is 11.5 Å². The molecule has 0 aliphatic carbocycles. The number of aryl methyl sites for hydroxylation is 1. The minimum absolute atomic E-state index is 0.195. The summed E-state index contributed by atoms with van der Waals surface area (Å²) in [7, 11) is 1.81. The molecule has 0 amide bonds. The highest BCUT2D eigenvalue weighted by Crippen LogP contribution is 2.33. The van der Waals surface area contributed by atoms with Gasteiger partial charge >= 0.3 is 7.12 Å². The maximum Gasteiger partial charge on any atom is 0.599 e. The van der Waals surface area contributed by atoms with Crippen LogP contribution in [-0.2, 0) is 13.4 Å². The van der Waals surface area contributed by atoms with Gasteiger partial charge in [-0.2, -0.15) is 0 Å². The number of benzene rings is 1. The van der Waals surface area contributed by atoms with Crippen LogP contribution in [0.1, 0.15) is 5.56 Å². The summed E-state index contributed by atoms with van der Waals surface area (Å²) in [6.45, 7) is 0. The van der Waals surface area contributed by atoms with E-state index in [2.05, 4.69) is 12.3 Å². The van der Waals surface area contributed by atoms with E-state index in [0.29, 0.717) is 0 Å². The molecule has 0 bridgehead atoms. The van der Waals surface area contributed by atoms with Gasteiger partial charge in [0.25, 0.3) is 0 Å². The van der Waals surface area contributed by atoms with Gasteiger partial charge < -0.3 is 13.9 Å². The summed E-state index contributed by atoms with van der Waals surface area (Å²) < 4.78 is 13.4. The molecule has 1 aliphatic heterocycles. The Kier molecular flexibility index (Phi) is 2.13. The van der Waals surface area contributed by atoms with Gasteiger partial charge in [-0.25, -0.2) is 0 Å². The van der Waals surface area contributed by atoms with E-state index in [4.69, 9.17) is 9.31 Å². The van der Waals surface area contributed by atoms with Gasteiger partial charge in [-0.1, -0.05) is 12.1 Å². The van der Waals surface area contributed by atoms with Gasteiger partial charge in [0.05, 0.1) is 0 Å². The summed E-state index contributed by atoms with van der Waals surface area (Å²) in [6, 6.07) is 9.84. The van der Waals surface area contributed by atoms with E-state index >= 15 is 0 Å². The Morgan fingerprint density at radius 2 is 1.81 bits per heavy atom. The van der Waals surface area contributed by atoms with Gasteiger partial charge in [-0.3, -0.25) is 0 Å². The molecule has 2 aromatic rings. The van der Waals surface area contributed by atoms with Crippen molar-refractivity contribution in [2.75, 3.05) is 0 Å². The first-order valence-electron chi connectivity index (χ1n) is 5.34. The highest BCUT2D eigenvalue weighted by atomic mass is 16.6. The van der Waals surface area contributed by atoms with Gasteiger partial charge in [-0.15, -0.1) is 0 Å². The minimum atomic E-state index is -0.195. The monoisotopic (exact) mass is 213 g/mol. The number of fused-ring (bicyclic) bond motifs is 1. The van der Waals surface area contributed by atoms with Crippen LogP contribution in [-0.4, -0.2) is 11.7 Å². The second kappa shape index (κ2) is 3.63. The van der Waals surface area contributed by atoms with E-state index in [-0.39, 0.29) is 7.12 Å². The number of nitrogens with zero attached hydrogens (tertiary/aromatic N) is 1. The van der Waals surface area contributed by atoms with E-state index in [1.54, 1.807) is 0 Å². The van der Waals surface area contributed by atoms with E-state index < -0.39 is 0 Å². The summed E-state index contributed by atoms with van der Waals surface area (Å²) in [5.74, 6) is 1.67. The first kappa shape index (κ1) is 9.40. The topological polar surface area (TPSA) is 23.4 Å². The molecule has 0 fully saturated rings. The minimum Gasteiger partial charge on any atom is -0.523 e. The van der Waals surface area contributed by atoms with Crippen molar-refractivity contribution >= 4 is 7.12 Å². The van der Waals surface area contributed by atoms with Gasteiger partial charge in [0.2, 0.25) is 0 Å². The third-order valence-electron chi connectivity index (χ3n) is 2.66. The fraction of sp³-hybridized carbons (Fsp3) is 0.167. The smallest absolute Gasteiger partial charge is 0.523 e. The largest absolute Gasteiger partial charge is 0.599 e. The first-order valence-corrected chi connectivity index (χ1v) is 5.34. The first-order chi connectivity index (χ1) is 7.81. The molecule has 0 saturated carbocycles. The Hall–Kier alpha value is -1.84. The summed E-state index contributed by atoms with van der Waals surface area (Å²) in [6.07, 6.45) is 4.88. The Balaban J connectivity index is 1.72. The van der Waals surface area contributed by atoms with E-state index in [1.165, 1.54) is 5.56 Å². The predicted octanol–water partition coefficient (Wildman–Crippen LogP) is 2.07. The molecule has 80 valence electrons. The molecule has 0 atom stereocenters. The van der Waals surface area contributed by atoms with Crippen LogP contribution in [0.2, 0.25) is 0 Å². The van der Waals surface area contributed by atoms with Crippen LogP contribution in [0.3, 0.4) is 0 Å². The molecule has 0 N–H and O–H groups in total. The van der Waals surface area contributed by atoms with Gasteiger partial charge in [0, 0.05) is 25.8 Å². The number of rotatable bonds is 2.